The summed E-state index contributed by atoms with van der Waals surface area (Å²) in [7, 11) is 0. The molecule has 1 aliphatic carbocycles. The number of hydrogen-bond donors (Lipinski definition) is 1. The highest BCUT2D eigenvalue weighted by molar-refractivity contribution is 6.32. The summed E-state index contributed by atoms with van der Waals surface area (Å²) in [5, 5.41) is 2.67. The number of amides is 1. The number of benzene rings is 2. The summed E-state index contributed by atoms with van der Waals surface area (Å²) in [6, 6.07) is 8.92. The van der Waals surface area contributed by atoms with Crippen LogP contribution in [0.2, 0.25) is 5.02 Å². The molecule has 0 bridgehead atoms. The maximum Gasteiger partial charge on any atom is 0.256 e. The van der Waals surface area contributed by atoms with Gasteiger partial charge in [-0.1, -0.05) is 29.8 Å². The van der Waals surface area contributed by atoms with E-state index in [9.17, 15) is 14.0 Å². The van der Waals surface area contributed by atoms with Crippen molar-refractivity contribution in [3.8, 4) is 5.75 Å². The normalized spacial score (nSPS) is 14.3. The van der Waals surface area contributed by atoms with Crippen LogP contribution in [0.15, 0.2) is 36.4 Å². The molecule has 3 rings (SSSR count). The summed E-state index contributed by atoms with van der Waals surface area (Å²) in [5.74, 6) is -1.13. The Kier molecular flexibility index (Phi) is 5.57. The van der Waals surface area contributed by atoms with Crippen LogP contribution in [0.5, 0.6) is 5.75 Å². The summed E-state index contributed by atoms with van der Waals surface area (Å²) in [6.07, 6.45) is 4.10. The molecule has 0 saturated heterocycles. The lowest BCUT2D eigenvalue weighted by Gasteiger charge is -2.16. The van der Waals surface area contributed by atoms with Gasteiger partial charge in [0.05, 0.1) is 22.4 Å². The van der Waals surface area contributed by atoms with E-state index in [2.05, 4.69) is 5.32 Å². The Morgan fingerprint density at radius 3 is 2.46 bits per heavy atom. The van der Waals surface area contributed by atoms with Crippen LogP contribution in [0.1, 0.15) is 53.3 Å². The molecule has 1 N–H and O–H groups in total. The second-order valence-corrected chi connectivity index (χ2v) is 6.75. The summed E-state index contributed by atoms with van der Waals surface area (Å²) in [4.78, 5) is 24.2. The lowest BCUT2D eigenvalue weighted by molar-refractivity contribution is 0.0985. The minimum absolute atomic E-state index is 0.0363. The number of anilines is 1. The Bertz CT molecular complexity index is 847. The van der Waals surface area contributed by atoms with Crippen molar-refractivity contribution >= 4 is 29.0 Å². The largest absolute Gasteiger partial charge is 0.489 e. The van der Waals surface area contributed by atoms with Gasteiger partial charge in [-0.2, -0.15) is 0 Å². The molecule has 0 unspecified atom stereocenters. The third-order valence-electron chi connectivity index (χ3n) is 4.42. The molecule has 2 aromatic carbocycles. The van der Waals surface area contributed by atoms with Crippen molar-refractivity contribution in [2.45, 2.75) is 38.7 Å². The second-order valence-electron chi connectivity index (χ2n) is 6.34. The summed E-state index contributed by atoms with van der Waals surface area (Å²) < 4.78 is 20.1. The van der Waals surface area contributed by atoms with Gasteiger partial charge >= 0.3 is 0 Å². The molecule has 4 nitrogen and oxygen atoms in total. The smallest absolute Gasteiger partial charge is 0.256 e. The number of Topliss-reactive ketones (excluding diaryl/α,β-unsaturated/α-hetero) is 1. The number of ketones is 1. The highest BCUT2D eigenvalue weighted by atomic mass is 35.5. The van der Waals surface area contributed by atoms with E-state index in [1.807, 2.05) is 0 Å². The van der Waals surface area contributed by atoms with Gasteiger partial charge in [-0.15, -0.1) is 0 Å². The van der Waals surface area contributed by atoms with Crippen LogP contribution in [0.25, 0.3) is 0 Å². The monoisotopic (exact) mass is 375 g/mol. The molecule has 136 valence electrons. The van der Waals surface area contributed by atoms with Crippen molar-refractivity contribution < 1.29 is 18.7 Å². The Balaban J connectivity index is 1.85. The lowest BCUT2D eigenvalue weighted by atomic mass is 10.0. The second kappa shape index (κ2) is 7.87. The molecular formula is C20H19ClFNO3. The average Bonchev–Trinajstić information content (AvgIpc) is 3.12. The van der Waals surface area contributed by atoms with Crippen LogP contribution in [0.4, 0.5) is 10.1 Å². The van der Waals surface area contributed by atoms with Gasteiger partial charge in [0.1, 0.15) is 11.6 Å². The first-order valence-corrected chi connectivity index (χ1v) is 8.90. The van der Waals surface area contributed by atoms with Gasteiger partial charge in [-0.25, -0.2) is 4.39 Å². The van der Waals surface area contributed by atoms with Crippen molar-refractivity contribution in [3.63, 3.8) is 0 Å². The van der Waals surface area contributed by atoms with Crippen molar-refractivity contribution in [1.82, 2.24) is 0 Å². The molecule has 26 heavy (non-hydrogen) atoms. The van der Waals surface area contributed by atoms with Crippen LogP contribution >= 0.6 is 11.6 Å². The predicted molar refractivity (Wildman–Crippen MR) is 98.7 cm³/mol. The van der Waals surface area contributed by atoms with Gasteiger partial charge in [0, 0.05) is 11.6 Å². The highest BCUT2D eigenvalue weighted by Gasteiger charge is 2.21. The Morgan fingerprint density at radius 2 is 1.81 bits per heavy atom. The van der Waals surface area contributed by atoms with E-state index in [4.69, 9.17) is 16.3 Å². The molecular weight excluding hydrogens is 357 g/mol. The van der Waals surface area contributed by atoms with Crippen molar-refractivity contribution in [1.29, 1.82) is 0 Å². The summed E-state index contributed by atoms with van der Waals surface area (Å²) >= 11 is 6.08. The molecule has 2 aromatic rings. The van der Waals surface area contributed by atoms with E-state index < -0.39 is 11.7 Å². The van der Waals surface area contributed by atoms with Crippen molar-refractivity contribution in [3.05, 3.63) is 58.4 Å². The fourth-order valence-electron chi connectivity index (χ4n) is 3.08. The molecule has 1 aliphatic rings. The molecule has 1 saturated carbocycles. The Morgan fingerprint density at radius 1 is 1.15 bits per heavy atom. The summed E-state index contributed by atoms with van der Waals surface area (Å²) in [6.45, 7) is 1.38. The number of carbonyl (C=O) groups excluding carboxylic acids is 2. The maximum atomic E-state index is 14.3. The van der Waals surface area contributed by atoms with Gasteiger partial charge in [0.25, 0.3) is 5.91 Å². The number of hydrogen-bond acceptors (Lipinski definition) is 3. The number of halogens is 2. The average molecular weight is 376 g/mol. The van der Waals surface area contributed by atoms with E-state index >= 15 is 0 Å². The zero-order valence-electron chi connectivity index (χ0n) is 14.4. The first-order valence-electron chi connectivity index (χ1n) is 8.52. The van der Waals surface area contributed by atoms with Gasteiger partial charge in [0.2, 0.25) is 0 Å². The van der Waals surface area contributed by atoms with E-state index in [0.717, 1.165) is 31.7 Å². The first kappa shape index (κ1) is 18.4. The number of rotatable bonds is 5. The SMILES string of the molecule is CC(=O)c1ccccc1C(=O)Nc1cc(OC2CCCC2)c(Cl)cc1F. The van der Waals surface area contributed by atoms with Crippen LogP contribution < -0.4 is 10.1 Å². The van der Waals surface area contributed by atoms with Crippen LogP contribution in [-0.2, 0) is 0 Å². The number of ether oxygens (including phenoxy) is 1. The van der Waals surface area contributed by atoms with E-state index in [1.54, 1.807) is 18.2 Å². The maximum absolute atomic E-state index is 14.3. The number of nitrogens with one attached hydrogen (secondary N) is 1. The summed E-state index contributed by atoms with van der Waals surface area (Å²) in [5.41, 5.74) is 0.431. The molecule has 0 radical (unpaired) electrons. The van der Waals surface area contributed by atoms with Gasteiger partial charge in [-0.3, -0.25) is 9.59 Å². The van der Waals surface area contributed by atoms with Crippen molar-refractivity contribution in [2.24, 2.45) is 0 Å². The predicted octanol–water partition coefficient (Wildman–Crippen LogP) is 5.26. The number of carbonyl (C=O) groups is 2. The molecule has 0 atom stereocenters. The lowest BCUT2D eigenvalue weighted by Crippen LogP contribution is -2.17. The molecule has 1 amide bonds. The van der Waals surface area contributed by atoms with E-state index in [0.29, 0.717) is 5.75 Å². The van der Waals surface area contributed by atoms with Gasteiger partial charge < -0.3 is 10.1 Å². The molecule has 1 fully saturated rings. The molecule has 0 heterocycles. The zero-order valence-corrected chi connectivity index (χ0v) is 15.1. The topological polar surface area (TPSA) is 55.4 Å². The van der Waals surface area contributed by atoms with E-state index in [-0.39, 0.29) is 33.7 Å². The fraction of sp³-hybridized carbons (Fsp3) is 0.300. The van der Waals surface area contributed by atoms with Gasteiger partial charge in [0.15, 0.2) is 5.78 Å². The Hall–Kier alpha value is -2.40. The molecule has 6 heteroatoms. The van der Waals surface area contributed by atoms with Crippen molar-refractivity contribution in [2.75, 3.05) is 5.32 Å². The van der Waals surface area contributed by atoms with Gasteiger partial charge in [-0.05, 0) is 44.7 Å². The van der Waals surface area contributed by atoms with Crippen LogP contribution in [0, 0.1) is 5.82 Å². The molecule has 0 aliphatic heterocycles. The standard InChI is InChI=1S/C20H19ClFNO3/c1-12(24)14-8-4-5-9-15(14)20(25)23-18-11-19(16(21)10-17(18)22)26-13-6-2-3-7-13/h4-5,8-11,13H,2-3,6-7H2,1H3,(H,23,25). The quantitative estimate of drug-likeness (QED) is 0.725. The fourth-order valence-corrected chi connectivity index (χ4v) is 3.27. The van der Waals surface area contributed by atoms with Crippen LogP contribution in [-0.4, -0.2) is 17.8 Å². The molecule has 0 spiro atoms. The molecule has 0 aromatic heterocycles. The first-order chi connectivity index (χ1) is 12.5. The van der Waals surface area contributed by atoms with Crippen LogP contribution in [0.3, 0.4) is 0 Å². The minimum atomic E-state index is -0.664. The Labute approximate surface area is 156 Å². The zero-order chi connectivity index (χ0) is 18.7. The highest BCUT2D eigenvalue weighted by Crippen LogP contribution is 2.34. The third kappa shape index (κ3) is 4.05. The van der Waals surface area contributed by atoms with E-state index in [1.165, 1.54) is 19.1 Å². The minimum Gasteiger partial charge on any atom is -0.489 e. The third-order valence-corrected chi connectivity index (χ3v) is 4.71.